The number of benzene rings is 1. The molecule has 0 amide bonds. The Morgan fingerprint density at radius 1 is 1.17 bits per heavy atom. The van der Waals surface area contributed by atoms with E-state index >= 15 is 0 Å². The van der Waals surface area contributed by atoms with E-state index < -0.39 is 0 Å². The van der Waals surface area contributed by atoms with E-state index in [2.05, 4.69) is 16.3 Å². The van der Waals surface area contributed by atoms with Gasteiger partial charge in [0.2, 0.25) is 0 Å². The number of aryl methyl sites for hydroxylation is 2. The minimum absolute atomic E-state index is 0.281. The average molecular weight is 325 g/mol. The van der Waals surface area contributed by atoms with Crippen molar-refractivity contribution in [1.29, 1.82) is 5.26 Å². The quantitative estimate of drug-likeness (QED) is 0.655. The summed E-state index contributed by atoms with van der Waals surface area (Å²) in [5.74, 6) is 1.13. The topological polar surface area (TPSA) is 75.8 Å². The SMILES string of the molecule is Cc1ccc(C[C@H](C#N)Sc2nnc(-c3ccoc3C)o2)cc1. The van der Waals surface area contributed by atoms with Crippen molar-refractivity contribution in [3.8, 4) is 17.5 Å². The Morgan fingerprint density at radius 3 is 2.61 bits per heavy atom. The van der Waals surface area contributed by atoms with Crippen molar-refractivity contribution in [2.45, 2.75) is 30.7 Å². The number of rotatable bonds is 5. The van der Waals surface area contributed by atoms with E-state index in [1.807, 2.05) is 38.1 Å². The molecule has 2 aromatic heterocycles. The van der Waals surface area contributed by atoms with E-state index in [0.29, 0.717) is 17.5 Å². The molecule has 0 bridgehead atoms. The number of thioether (sulfide) groups is 1. The number of hydrogen-bond donors (Lipinski definition) is 0. The molecule has 1 aromatic carbocycles. The zero-order valence-corrected chi connectivity index (χ0v) is 13.6. The van der Waals surface area contributed by atoms with E-state index in [1.54, 1.807) is 12.3 Å². The fourth-order valence-electron chi connectivity index (χ4n) is 2.15. The van der Waals surface area contributed by atoms with Crippen LogP contribution in [0.25, 0.3) is 11.5 Å². The smallest absolute Gasteiger partial charge is 0.278 e. The molecular formula is C17H15N3O2S. The van der Waals surface area contributed by atoms with Crippen LogP contribution in [0, 0.1) is 25.2 Å². The summed E-state index contributed by atoms with van der Waals surface area (Å²) in [6, 6.07) is 12.2. The van der Waals surface area contributed by atoms with Gasteiger partial charge in [0.25, 0.3) is 11.1 Å². The zero-order chi connectivity index (χ0) is 16.2. The van der Waals surface area contributed by atoms with Crippen LogP contribution >= 0.6 is 11.8 Å². The molecule has 1 atom stereocenters. The van der Waals surface area contributed by atoms with E-state index in [9.17, 15) is 5.26 Å². The fraction of sp³-hybridized carbons (Fsp3) is 0.235. The predicted molar refractivity (Wildman–Crippen MR) is 86.9 cm³/mol. The average Bonchev–Trinajstić information content (AvgIpc) is 3.17. The van der Waals surface area contributed by atoms with Crippen LogP contribution in [0.4, 0.5) is 0 Å². The van der Waals surface area contributed by atoms with Crippen molar-refractivity contribution in [3.05, 3.63) is 53.5 Å². The minimum atomic E-state index is -0.281. The molecule has 6 heteroatoms. The molecule has 3 aromatic rings. The van der Waals surface area contributed by atoms with Gasteiger partial charge in [-0.1, -0.05) is 29.8 Å². The van der Waals surface area contributed by atoms with Crippen LogP contribution in [-0.4, -0.2) is 15.4 Å². The molecule has 0 spiro atoms. The van der Waals surface area contributed by atoms with Crippen molar-refractivity contribution in [3.63, 3.8) is 0 Å². The Balaban J connectivity index is 1.70. The van der Waals surface area contributed by atoms with Crippen LogP contribution in [-0.2, 0) is 6.42 Å². The zero-order valence-electron chi connectivity index (χ0n) is 12.8. The highest BCUT2D eigenvalue weighted by Gasteiger charge is 2.18. The number of nitrogens with zero attached hydrogens (tertiary/aromatic N) is 3. The molecular weight excluding hydrogens is 310 g/mol. The molecule has 0 saturated heterocycles. The molecule has 2 heterocycles. The van der Waals surface area contributed by atoms with Gasteiger partial charge in [-0.05, 0) is 43.7 Å². The molecule has 116 valence electrons. The van der Waals surface area contributed by atoms with Gasteiger partial charge < -0.3 is 8.83 Å². The van der Waals surface area contributed by atoms with Gasteiger partial charge >= 0.3 is 0 Å². The highest BCUT2D eigenvalue weighted by Crippen LogP contribution is 2.29. The van der Waals surface area contributed by atoms with Crippen molar-refractivity contribution >= 4 is 11.8 Å². The van der Waals surface area contributed by atoms with E-state index in [-0.39, 0.29) is 5.25 Å². The lowest BCUT2D eigenvalue weighted by molar-refractivity contribution is 0.463. The van der Waals surface area contributed by atoms with Crippen molar-refractivity contribution in [2.75, 3.05) is 0 Å². The maximum absolute atomic E-state index is 9.36. The Hall–Kier alpha value is -2.52. The van der Waals surface area contributed by atoms with Gasteiger partial charge in [-0.3, -0.25) is 0 Å². The minimum Gasteiger partial charge on any atom is -0.469 e. The lowest BCUT2D eigenvalue weighted by Crippen LogP contribution is -2.03. The van der Waals surface area contributed by atoms with Crippen LogP contribution in [0.5, 0.6) is 0 Å². The number of aromatic nitrogens is 2. The second-order valence-electron chi connectivity index (χ2n) is 5.19. The second kappa shape index (κ2) is 6.71. The molecule has 0 saturated carbocycles. The monoisotopic (exact) mass is 325 g/mol. The lowest BCUT2D eigenvalue weighted by Gasteiger charge is -2.06. The lowest BCUT2D eigenvalue weighted by atomic mass is 10.1. The molecule has 23 heavy (non-hydrogen) atoms. The third kappa shape index (κ3) is 3.63. The first-order chi connectivity index (χ1) is 11.2. The van der Waals surface area contributed by atoms with Crippen molar-refractivity contribution in [2.24, 2.45) is 0 Å². The summed E-state index contributed by atoms with van der Waals surface area (Å²) in [6.07, 6.45) is 2.21. The summed E-state index contributed by atoms with van der Waals surface area (Å²) >= 11 is 1.28. The Kier molecular flexibility index (Phi) is 4.49. The fourth-order valence-corrected chi connectivity index (χ4v) is 2.93. The molecule has 0 aliphatic heterocycles. The molecule has 0 radical (unpaired) electrons. The van der Waals surface area contributed by atoms with Gasteiger partial charge in [-0.15, -0.1) is 10.2 Å². The number of nitriles is 1. The summed E-state index contributed by atoms with van der Waals surface area (Å²) in [4.78, 5) is 0. The van der Waals surface area contributed by atoms with Crippen molar-refractivity contribution < 1.29 is 8.83 Å². The van der Waals surface area contributed by atoms with Gasteiger partial charge in [0.15, 0.2) is 0 Å². The predicted octanol–water partition coefficient (Wildman–Crippen LogP) is 4.17. The first-order valence-corrected chi connectivity index (χ1v) is 8.03. The third-order valence-corrected chi connectivity index (χ3v) is 4.35. The van der Waals surface area contributed by atoms with E-state index in [1.165, 1.54) is 17.3 Å². The van der Waals surface area contributed by atoms with Crippen LogP contribution in [0.1, 0.15) is 16.9 Å². The summed E-state index contributed by atoms with van der Waals surface area (Å²) < 4.78 is 10.9. The van der Waals surface area contributed by atoms with Crippen LogP contribution in [0.3, 0.4) is 0 Å². The largest absolute Gasteiger partial charge is 0.469 e. The molecule has 0 aliphatic carbocycles. The maximum atomic E-state index is 9.36. The molecule has 0 N–H and O–H groups in total. The van der Waals surface area contributed by atoms with Crippen LogP contribution in [0.2, 0.25) is 0 Å². The normalized spacial score (nSPS) is 12.0. The van der Waals surface area contributed by atoms with Gasteiger partial charge in [0.1, 0.15) is 11.0 Å². The summed E-state index contributed by atoms with van der Waals surface area (Å²) in [5.41, 5.74) is 3.09. The Bertz CT molecular complexity index is 830. The third-order valence-electron chi connectivity index (χ3n) is 3.42. The van der Waals surface area contributed by atoms with Gasteiger partial charge in [-0.25, -0.2) is 0 Å². The summed E-state index contributed by atoms with van der Waals surface area (Å²) in [6.45, 7) is 3.87. The molecule has 3 rings (SSSR count). The summed E-state index contributed by atoms with van der Waals surface area (Å²) in [7, 11) is 0. The molecule has 5 nitrogen and oxygen atoms in total. The highest BCUT2D eigenvalue weighted by atomic mass is 32.2. The van der Waals surface area contributed by atoms with Crippen LogP contribution < -0.4 is 0 Å². The molecule has 0 aliphatic rings. The summed E-state index contributed by atoms with van der Waals surface area (Å²) in [5, 5.41) is 17.5. The molecule has 0 fully saturated rings. The molecule has 0 unspecified atom stereocenters. The van der Waals surface area contributed by atoms with Crippen molar-refractivity contribution in [1.82, 2.24) is 10.2 Å². The van der Waals surface area contributed by atoms with Crippen LogP contribution in [0.15, 0.2) is 50.7 Å². The number of furan rings is 1. The highest BCUT2D eigenvalue weighted by molar-refractivity contribution is 7.99. The maximum Gasteiger partial charge on any atom is 0.278 e. The first-order valence-electron chi connectivity index (χ1n) is 7.15. The van der Waals surface area contributed by atoms with Gasteiger partial charge in [0, 0.05) is 0 Å². The van der Waals surface area contributed by atoms with Gasteiger partial charge in [0.05, 0.1) is 17.9 Å². The second-order valence-corrected chi connectivity index (χ2v) is 6.34. The van der Waals surface area contributed by atoms with E-state index in [4.69, 9.17) is 8.83 Å². The standard InChI is InChI=1S/C17H15N3O2S/c1-11-3-5-13(6-4-11)9-14(10-18)23-17-20-19-16(22-17)15-7-8-21-12(15)2/h3-8,14H,9H2,1-2H3/t14-/m1/s1. The van der Waals surface area contributed by atoms with E-state index in [0.717, 1.165) is 16.9 Å². The Labute approximate surface area is 138 Å². The first kappa shape index (κ1) is 15.4. The van der Waals surface area contributed by atoms with Gasteiger partial charge in [-0.2, -0.15) is 5.26 Å². The Morgan fingerprint density at radius 2 is 1.96 bits per heavy atom. The number of hydrogen-bond acceptors (Lipinski definition) is 6.